The van der Waals surface area contributed by atoms with E-state index in [1.807, 2.05) is 28.0 Å². The Balaban J connectivity index is 1.21. The first-order valence-corrected chi connectivity index (χ1v) is 12.0. The highest BCUT2D eigenvalue weighted by molar-refractivity contribution is 5.65. The first-order chi connectivity index (χ1) is 17.6. The lowest BCUT2D eigenvalue weighted by Gasteiger charge is -2.19. The van der Waals surface area contributed by atoms with Gasteiger partial charge in [0, 0.05) is 45.0 Å². The third-order valence-electron chi connectivity index (χ3n) is 6.27. The van der Waals surface area contributed by atoms with Crippen LogP contribution in [0.2, 0.25) is 0 Å². The van der Waals surface area contributed by atoms with Gasteiger partial charge in [-0.15, -0.1) is 0 Å². The van der Waals surface area contributed by atoms with Gasteiger partial charge >= 0.3 is 0 Å². The van der Waals surface area contributed by atoms with E-state index in [-0.39, 0.29) is 6.10 Å². The van der Waals surface area contributed by atoms with Crippen LogP contribution in [0.5, 0.6) is 5.88 Å². The number of halogens is 1. The van der Waals surface area contributed by atoms with Crippen LogP contribution < -0.4 is 15.0 Å². The Morgan fingerprint density at radius 3 is 2.69 bits per heavy atom. The molecule has 2 unspecified atom stereocenters. The van der Waals surface area contributed by atoms with Gasteiger partial charge in [-0.2, -0.15) is 5.26 Å². The zero-order valence-corrected chi connectivity index (χ0v) is 19.7. The number of nitrogens with one attached hydrogen (secondary N) is 1. The number of hydrogen-bond donors (Lipinski definition) is 2. The number of aliphatic hydroxyl groups excluding tert-OH is 1. The van der Waals surface area contributed by atoms with Crippen molar-refractivity contribution in [2.75, 3.05) is 49.5 Å². The number of ether oxygens (including phenoxy) is 1. The van der Waals surface area contributed by atoms with E-state index in [1.54, 1.807) is 24.5 Å². The highest BCUT2D eigenvalue weighted by atomic mass is 19.1. The van der Waals surface area contributed by atoms with Crippen molar-refractivity contribution in [3.05, 3.63) is 48.4 Å². The molecule has 186 valence electrons. The van der Waals surface area contributed by atoms with Gasteiger partial charge < -0.3 is 20.1 Å². The molecule has 3 aromatic heterocycles. The molecular formula is C25H27FN8O2. The standard InChI is InChI=1S/C25H27FN8O2/c26-17-6-9-33(15-17)11-12-36-24-4-1-18(14-29-24)30-25-28-8-5-21(32-25)20-2-3-23(22(13-27)31-20)34-10-7-19(35)16-34/h1-5,8,14,17,19,35H,6-7,9-12,15-16H2,(H,28,30,32). The molecule has 5 rings (SSSR count). The molecule has 5 heterocycles. The van der Waals surface area contributed by atoms with Crippen LogP contribution in [0.25, 0.3) is 11.4 Å². The van der Waals surface area contributed by atoms with Crippen molar-refractivity contribution in [3.63, 3.8) is 0 Å². The van der Waals surface area contributed by atoms with Crippen LogP contribution >= 0.6 is 0 Å². The van der Waals surface area contributed by atoms with Crippen LogP contribution in [0.15, 0.2) is 42.7 Å². The van der Waals surface area contributed by atoms with Gasteiger partial charge in [-0.25, -0.2) is 24.3 Å². The van der Waals surface area contributed by atoms with Crippen LogP contribution in [0.3, 0.4) is 0 Å². The molecule has 0 spiro atoms. The quantitative estimate of drug-likeness (QED) is 0.487. The Hall–Kier alpha value is -3.88. The predicted molar refractivity (Wildman–Crippen MR) is 132 cm³/mol. The molecule has 10 nitrogen and oxygen atoms in total. The summed E-state index contributed by atoms with van der Waals surface area (Å²) in [5.74, 6) is 0.856. The first-order valence-electron chi connectivity index (χ1n) is 12.0. The monoisotopic (exact) mass is 490 g/mol. The van der Waals surface area contributed by atoms with Crippen LogP contribution in [0.1, 0.15) is 18.5 Å². The van der Waals surface area contributed by atoms with Gasteiger partial charge in [0.15, 0.2) is 5.69 Å². The number of anilines is 3. The molecule has 0 bridgehead atoms. The summed E-state index contributed by atoms with van der Waals surface area (Å²) in [5, 5.41) is 22.6. The lowest BCUT2D eigenvalue weighted by molar-refractivity contribution is 0.198. The predicted octanol–water partition coefficient (Wildman–Crippen LogP) is 2.54. The molecule has 0 aliphatic carbocycles. The summed E-state index contributed by atoms with van der Waals surface area (Å²) < 4.78 is 18.9. The molecule has 11 heteroatoms. The van der Waals surface area contributed by atoms with Crippen molar-refractivity contribution in [1.29, 1.82) is 5.26 Å². The van der Waals surface area contributed by atoms with E-state index >= 15 is 0 Å². The molecule has 0 amide bonds. The third-order valence-corrected chi connectivity index (χ3v) is 6.27. The van der Waals surface area contributed by atoms with E-state index in [1.165, 1.54) is 0 Å². The zero-order chi connectivity index (χ0) is 24.9. The number of β-amino-alcohol motifs (C(OH)–C–C–N with tert-alkyl or cyclic N) is 1. The fourth-order valence-electron chi connectivity index (χ4n) is 4.39. The molecule has 2 atom stereocenters. The second-order valence-corrected chi connectivity index (χ2v) is 8.88. The summed E-state index contributed by atoms with van der Waals surface area (Å²) in [6.45, 7) is 3.54. The summed E-state index contributed by atoms with van der Waals surface area (Å²) in [6.07, 6.45) is 3.39. The normalized spacial score (nSPS) is 19.9. The molecule has 36 heavy (non-hydrogen) atoms. The largest absolute Gasteiger partial charge is 0.476 e. The molecule has 2 N–H and O–H groups in total. The molecule has 0 saturated carbocycles. The number of hydrogen-bond acceptors (Lipinski definition) is 10. The highest BCUT2D eigenvalue weighted by Crippen LogP contribution is 2.27. The fourth-order valence-corrected chi connectivity index (χ4v) is 4.39. The molecule has 2 aliphatic heterocycles. The number of rotatable bonds is 8. The van der Waals surface area contributed by atoms with Gasteiger partial charge in [-0.05, 0) is 37.1 Å². The maximum absolute atomic E-state index is 13.3. The fraction of sp³-hybridized carbons (Fsp3) is 0.400. The van der Waals surface area contributed by atoms with E-state index in [4.69, 9.17) is 4.74 Å². The van der Waals surface area contributed by atoms with Crippen molar-refractivity contribution in [2.45, 2.75) is 25.1 Å². The summed E-state index contributed by atoms with van der Waals surface area (Å²) in [4.78, 5) is 21.6. The van der Waals surface area contributed by atoms with Crippen molar-refractivity contribution in [3.8, 4) is 23.3 Å². The summed E-state index contributed by atoms with van der Waals surface area (Å²) in [5.41, 5.74) is 2.82. The maximum Gasteiger partial charge on any atom is 0.227 e. The molecule has 2 saturated heterocycles. The Bertz CT molecular complexity index is 1240. The van der Waals surface area contributed by atoms with Crippen molar-refractivity contribution < 1.29 is 14.2 Å². The Morgan fingerprint density at radius 1 is 1.08 bits per heavy atom. The number of alkyl halides is 1. The average Bonchev–Trinajstić information content (AvgIpc) is 3.52. The third kappa shape index (κ3) is 5.67. The van der Waals surface area contributed by atoms with Gasteiger partial charge in [0.1, 0.15) is 18.8 Å². The maximum atomic E-state index is 13.3. The topological polar surface area (TPSA) is 123 Å². The van der Waals surface area contributed by atoms with Crippen LogP contribution in [-0.2, 0) is 0 Å². The van der Waals surface area contributed by atoms with Gasteiger partial charge in [-0.3, -0.25) is 4.90 Å². The van der Waals surface area contributed by atoms with Gasteiger partial charge in [0.05, 0.1) is 35.1 Å². The number of aromatic nitrogens is 4. The Labute approximate surface area is 208 Å². The summed E-state index contributed by atoms with van der Waals surface area (Å²) >= 11 is 0. The second-order valence-electron chi connectivity index (χ2n) is 8.88. The molecule has 0 radical (unpaired) electrons. The molecule has 2 aliphatic rings. The van der Waals surface area contributed by atoms with E-state index in [0.29, 0.717) is 85.9 Å². The number of likely N-dealkylation sites (tertiary alicyclic amines) is 1. The highest BCUT2D eigenvalue weighted by Gasteiger charge is 2.24. The van der Waals surface area contributed by atoms with Gasteiger partial charge in [-0.1, -0.05) is 0 Å². The Kier molecular flexibility index (Phi) is 7.16. The number of aliphatic hydroxyl groups is 1. The van der Waals surface area contributed by atoms with Crippen LogP contribution in [0.4, 0.5) is 21.7 Å². The summed E-state index contributed by atoms with van der Waals surface area (Å²) in [7, 11) is 0. The zero-order valence-electron chi connectivity index (χ0n) is 19.7. The van der Waals surface area contributed by atoms with Crippen molar-refractivity contribution in [1.82, 2.24) is 24.8 Å². The second kappa shape index (κ2) is 10.8. The van der Waals surface area contributed by atoms with Crippen LogP contribution in [0, 0.1) is 11.3 Å². The van der Waals surface area contributed by atoms with Crippen molar-refractivity contribution in [2.24, 2.45) is 0 Å². The molecule has 2 fully saturated rings. The summed E-state index contributed by atoms with van der Waals surface area (Å²) in [6, 6.07) is 11.1. The number of pyridine rings is 2. The van der Waals surface area contributed by atoms with Crippen LogP contribution in [-0.4, -0.2) is 81.5 Å². The number of nitriles is 1. The first kappa shape index (κ1) is 23.8. The van der Waals surface area contributed by atoms with E-state index in [9.17, 15) is 14.8 Å². The average molecular weight is 491 g/mol. The van der Waals surface area contributed by atoms with Crippen molar-refractivity contribution >= 4 is 17.3 Å². The molecule has 0 aromatic carbocycles. The minimum Gasteiger partial charge on any atom is -0.476 e. The molecular weight excluding hydrogens is 463 g/mol. The van der Waals surface area contributed by atoms with E-state index in [2.05, 4.69) is 31.3 Å². The smallest absolute Gasteiger partial charge is 0.227 e. The Morgan fingerprint density at radius 2 is 1.97 bits per heavy atom. The lowest BCUT2D eigenvalue weighted by Crippen LogP contribution is -2.26. The number of nitrogens with zero attached hydrogens (tertiary/aromatic N) is 7. The SMILES string of the molecule is N#Cc1nc(-c2ccnc(Nc3ccc(OCCN4CCC(F)C4)nc3)n2)ccc1N1CCC(O)C1. The van der Waals surface area contributed by atoms with E-state index < -0.39 is 6.17 Å². The molecule has 3 aromatic rings. The van der Waals surface area contributed by atoms with E-state index in [0.717, 1.165) is 6.54 Å². The minimum atomic E-state index is -0.734. The minimum absolute atomic E-state index is 0.295. The van der Waals surface area contributed by atoms with Gasteiger partial charge in [0.2, 0.25) is 11.8 Å². The van der Waals surface area contributed by atoms with Gasteiger partial charge in [0.25, 0.3) is 0 Å². The lowest BCUT2D eigenvalue weighted by atomic mass is 10.2.